The first-order valence-corrected chi connectivity index (χ1v) is 7.63. The number of carbonyl (C=O) groups excluding carboxylic acids is 1. The van der Waals surface area contributed by atoms with Gasteiger partial charge in [-0.25, -0.2) is 14.8 Å². The van der Waals surface area contributed by atoms with E-state index in [2.05, 4.69) is 22.7 Å². The third-order valence-corrected chi connectivity index (χ3v) is 4.49. The molecule has 0 saturated heterocycles. The van der Waals surface area contributed by atoms with Crippen molar-refractivity contribution in [2.24, 2.45) is 22.9 Å². The van der Waals surface area contributed by atoms with Gasteiger partial charge in [0.2, 0.25) is 0 Å². The van der Waals surface area contributed by atoms with E-state index < -0.39 is 0 Å². The number of carbonyl (C=O) groups is 1. The van der Waals surface area contributed by atoms with Gasteiger partial charge < -0.3 is 0 Å². The number of amidine groups is 1. The molecule has 3 unspecified atom stereocenters. The molecule has 1 saturated carbocycles. The van der Waals surface area contributed by atoms with Gasteiger partial charge in [-0.15, -0.1) is 0 Å². The molecule has 3 rings (SSSR count). The minimum absolute atomic E-state index is 0.0579. The molecule has 3 aliphatic rings. The fraction of sp³-hybridized carbons (Fsp3) is 0.733. The van der Waals surface area contributed by atoms with E-state index >= 15 is 0 Å². The number of fused-ring (bicyclic) bond motifs is 2. The van der Waals surface area contributed by atoms with Gasteiger partial charge >= 0.3 is 6.03 Å². The Morgan fingerprint density at radius 1 is 1.20 bits per heavy atom. The molecule has 3 atom stereocenters. The van der Waals surface area contributed by atoms with Gasteiger partial charge in [-0.2, -0.15) is 5.10 Å². The zero-order valence-electron chi connectivity index (χ0n) is 12.7. The molecule has 1 fully saturated rings. The summed E-state index contributed by atoms with van der Waals surface area (Å²) in [6.07, 6.45) is 7.04. The zero-order chi connectivity index (χ0) is 14.4. The minimum atomic E-state index is -0.0579. The third kappa shape index (κ3) is 2.09. The molecular formula is C15H24N4O. The van der Waals surface area contributed by atoms with Crippen molar-refractivity contribution in [3.05, 3.63) is 12.2 Å². The summed E-state index contributed by atoms with van der Waals surface area (Å²) in [5, 5.41) is 7.93. The first-order chi connectivity index (χ1) is 9.47. The smallest absolute Gasteiger partial charge is 0.279 e. The lowest BCUT2D eigenvalue weighted by molar-refractivity contribution is 0.102. The van der Waals surface area contributed by atoms with Gasteiger partial charge in [0.15, 0.2) is 0 Å². The summed E-state index contributed by atoms with van der Waals surface area (Å²) in [7, 11) is 0. The highest BCUT2D eigenvalue weighted by molar-refractivity contribution is 5.91. The Labute approximate surface area is 120 Å². The topological polar surface area (TPSA) is 47.9 Å². The van der Waals surface area contributed by atoms with Crippen molar-refractivity contribution in [2.45, 2.75) is 52.6 Å². The lowest BCUT2D eigenvalue weighted by Crippen LogP contribution is -2.61. The van der Waals surface area contributed by atoms with Gasteiger partial charge in [0, 0.05) is 12.0 Å². The molecule has 1 heterocycles. The van der Waals surface area contributed by atoms with Gasteiger partial charge in [-0.3, -0.25) is 5.43 Å². The first-order valence-electron chi connectivity index (χ1n) is 7.63. The number of hydrazine groups is 1. The third-order valence-electron chi connectivity index (χ3n) is 4.49. The number of nitrogens with one attached hydrogen (secondary N) is 1. The van der Waals surface area contributed by atoms with E-state index in [0.29, 0.717) is 17.8 Å². The molecule has 2 bridgehead atoms. The van der Waals surface area contributed by atoms with Crippen LogP contribution in [0.5, 0.6) is 0 Å². The lowest BCUT2D eigenvalue weighted by atomic mass is 9.92. The Morgan fingerprint density at radius 2 is 1.95 bits per heavy atom. The number of hydrogen-bond donors (Lipinski definition) is 1. The molecule has 2 aliphatic carbocycles. The quantitative estimate of drug-likeness (QED) is 0.805. The number of nitrogens with zero attached hydrogens (tertiary/aromatic N) is 3. The average Bonchev–Trinajstić information content (AvgIpc) is 3.00. The molecule has 0 aromatic carbocycles. The van der Waals surface area contributed by atoms with Crippen LogP contribution >= 0.6 is 0 Å². The van der Waals surface area contributed by atoms with E-state index in [1.54, 1.807) is 10.0 Å². The maximum Gasteiger partial charge on any atom is 0.359 e. The minimum Gasteiger partial charge on any atom is -0.279 e. The summed E-state index contributed by atoms with van der Waals surface area (Å²) < 4.78 is 0. The maximum atomic E-state index is 12.4. The molecule has 1 N–H and O–H groups in total. The highest BCUT2D eigenvalue weighted by Crippen LogP contribution is 2.44. The van der Waals surface area contributed by atoms with Crippen LogP contribution in [-0.4, -0.2) is 34.0 Å². The van der Waals surface area contributed by atoms with Gasteiger partial charge in [-0.05, 0) is 52.4 Å². The monoisotopic (exact) mass is 276 g/mol. The van der Waals surface area contributed by atoms with Crippen LogP contribution in [0, 0.1) is 17.8 Å². The standard InChI is InChI=1S/C15H24N4O/c1-9(2)18-15(20)19(10(3)4)17-14(16-18)13-8-11-5-6-12(13)7-11/h5-6,9-13H,7-8H2,1-4H3,(H,16,17). The highest BCUT2D eigenvalue weighted by Gasteiger charge is 2.42. The molecule has 5 nitrogen and oxygen atoms in total. The molecular weight excluding hydrogens is 252 g/mol. The fourth-order valence-corrected chi connectivity index (χ4v) is 3.40. The molecule has 0 aromatic heterocycles. The van der Waals surface area contributed by atoms with Crippen LogP contribution < -0.4 is 5.43 Å². The maximum absolute atomic E-state index is 12.4. The first kappa shape index (κ1) is 13.5. The Kier molecular flexibility index (Phi) is 3.22. The molecule has 5 heteroatoms. The average molecular weight is 276 g/mol. The van der Waals surface area contributed by atoms with E-state index in [9.17, 15) is 4.79 Å². The number of hydrazone groups is 1. The van der Waals surface area contributed by atoms with E-state index in [1.165, 1.54) is 6.42 Å². The second-order valence-corrected chi connectivity index (χ2v) is 6.67. The van der Waals surface area contributed by atoms with Crippen LogP contribution in [0.15, 0.2) is 17.3 Å². The largest absolute Gasteiger partial charge is 0.359 e. The van der Waals surface area contributed by atoms with Crippen LogP contribution in [0.1, 0.15) is 40.5 Å². The number of hydrogen-bond acceptors (Lipinski definition) is 3. The molecule has 0 spiro atoms. The summed E-state index contributed by atoms with van der Waals surface area (Å²) in [4.78, 5) is 12.4. The Balaban J connectivity index is 1.87. The van der Waals surface area contributed by atoms with Crippen molar-refractivity contribution < 1.29 is 4.79 Å². The summed E-state index contributed by atoms with van der Waals surface area (Å²) in [6.45, 7) is 8.05. The number of allylic oxidation sites excluding steroid dienone is 2. The van der Waals surface area contributed by atoms with Crippen molar-refractivity contribution in [3.8, 4) is 0 Å². The van der Waals surface area contributed by atoms with Crippen molar-refractivity contribution >= 4 is 11.9 Å². The van der Waals surface area contributed by atoms with Gasteiger partial charge in [-0.1, -0.05) is 12.2 Å². The van der Waals surface area contributed by atoms with Gasteiger partial charge in [0.1, 0.15) is 5.84 Å². The number of urea groups is 1. The molecule has 1 aliphatic heterocycles. The second kappa shape index (κ2) is 4.79. The Hall–Kier alpha value is -1.52. The van der Waals surface area contributed by atoms with Crippen molar-refractivity contribution in [3.63, 3.8) is 0 Å². The predicted molar refractivity (Wildman–Crippen MR) is 78.8 cm³/mol. The Morgan fingerprint density at radius 3 is 2.45 bits per heavy atom. The van der Waals surface area contributed by atoms with Crippen LogP contribution in [-0.2, 0) is 0 Å². The Bertz CT molecular complexity index is 468. The molecule has 20 heavy (non-hydrogen) atoms. The molecule has 2 amide bonds. The van der Waals surface area contributed by atoms with Gasteiger partial charge in [0.25, 0.3) is 0 Å². The molecule has 110 valence electrons. The zero-order valence-corrected chi connectivity index (χ0v) is 12.7. The van der Waals surface area contributed by atoms with E-state index in [-0.39, 0.29) is 18.1 Å². The van der Waals surface area contributed by atoms with Crippen LogP contribution in [0.25, 0.3) is 0 Å². The summed E-state index contributed by atoms with van der Waals surface area (Å²) in [5.74, 6) is 2.68. The summed E-state index contributed by atoms with van der Waals surface area (Å²) in [5.41, 5.74) is 3.27. The molecule has 0 aromatic rings. The second-order valence-electron chi connectivity index (χ2n) is 6.67. The summed E-state index contributed by atoms with van der Waals surface area (Å²) in [6, 6.07) is 0.135. The number of rotatable bonds is 3. The molecule has 0 radical (unpaired) electrons. The van der Waals surface area contributed by atoms with Crippen molar-refractivity contribution in [2.75, 3.05) is 0 Å². The number of amides is 2. The van der Waals surface area contributed by atoms with E-state index in [4.69, 9.17) is 0 Å². The lowest BCUT2D eigenvalue weighted by Gasteiger charge is -2.40. The van der Waals surface area contributed by atoms with Crippen LogP contribution in [0.3, 0.4) is 0 Å². The van der Waals surface area contributed by atoms with E-state index in [0.717, 1.165) is 12.3 Å². The fourth-order valence-electron chi connectivity index (χ4n) is 3.40. The normalized spacial score (nSPS) is 32.4. The van der Waals surface area contributed by atoms with Gasteiger partial charge in [0.05, 0.1) is 6.04 Å². The van der Waals surface area contributed by atoms with Crippen molar-refractivity contribution in [1.29, 1.82) is 0 Å². The predicted octanol–water partition coefficient (Wildman–Crippen LogP) is 2.57. The summed E-state index contributed by atoms with van der Waals surface area (Å²) >= 11 is 0. The van der Waals surface area contributed by atoms with E-state index in [1.807, 2.05) is 27.7 Å². The van der Waals surface area contributed by atoms with Crippen LogP contribution in [0.2, 0.25) is 0 Å². The SMILES string of the molecule is CC(C)N1N=C(C2CC3C=CC2C3)NN(C(C)C)C1=O. The van der Waals surface area contributed by atoms with Crippen LogP contribution in [0.4, 0.5) is 4.79 Å². The van der Waals surface area contributed by atoms with Crippen molar-refractivity contribution in [1.82, 2.24) is 15.4 Å². The highest BCUT2D eigenvalue weighted by atomic mass is 16.2.